The van der Waals surface area contributed by atoms with E-state index in [0.717, 1.165) is 43.8 Å². The van der Waals surface area contributed by atoms with Crippen LogP contribution >= 0.6 is 0 Å². The minimum absolute atomic E-state index is 0.0156. The second-order valence-corrected chi connectivity index (χ2v) is 14.7. The molecule has 0 aromatic rings. The van der Waals surface area contributed by atoms with Crippen LogP contribution in [0.4, 0.5) is 0 Å². The summed E-state index contributed by atoms with van der Waals surface area (Å²) in [6.45, 7) is 6.26. The Hall–Kier alpha value is 0.940. The fourth-order valence-corrected chi connectivity index (χ4v) is 14.6. The molecule has 1 aliphatic carbocycles. The summed E-state index contributed by atoms with van der Waals surface area (Å²) in [4.78, 5) is 0. The monoisotopic (exact) mass is 354 g/mol. The summed E-state index contributed by atoms with van der Waals surface area (Å²) in [6.07, 6.45) is 5.40. The maximum absolute atomic E-state index is 10.2. The van der Waals surface area contributed by atoms with Crippen molar-refractivity contribution in [3.63, 3.8) is 0 Å². The van der Waals surface area contributed by atoms with Crippen molar-refractivity contribution in [3.8, 4) is 0 Å². The molecular formula is C12H28O4SiZr. The summed E-state index contributed by atoms with van der Waals surface area (Å²) in [7, 11) is -1.97. The molecule has 2 N–H and O–H groups in total. The molecule has 0 spiro atoms. The van der Waals surface area contributed by atoms with Gasteiger partial charge in [-0.05, 0) is 0 Å². The Morgan fingerprint density at radius 2 is 1.50 bits per heavy atom. The summed E-state index contributed by atoms with van der Waals surface area (Å²) >= 11 is -4.71. The molecule has 6 heteroatoms. The molecule has 0 aromatic heterocycles. The van der Waals surface area contributed by atoms with Crippen LogP contribution < -0.4 is 0 Å². The Morgan fingerprint density at radius 1 is 1.00 bits per heavy atom. The molecule has 0 unspecified atom stereocenters. The predicted octanol–water partition coefficient (Wildman–Crippen LogP) is 3.16. The van der Waals surface area contributed by atoms with E-state index in [-0.39, 0.29) is 6.10 Å². The molecule has 0 radical (unpaired) electrons. The van der Waals surface area contributed by atoms with Crippen LogP contribution in [0.3, 0.4) is 0 Å². The Balaban J connectivity index is 2.55. The first-order valence-corrected chi connectivity index (χ1v) is 14.0. The number of hydrogen-bond acceptors (Lipinski definition) is 4. The molecule has 0 bridgehead atoms. The van der Waals surface area contributed by atoms with Gasteiger partial charge in [-0.25, -0.2) is 0 Å². The molecule has 1 saturated carbocycles. The minimum atomic E-state index is -4.71. The van der Waals surface area contributed by atoms with Crippen LogP contribution in [-0.2, 0) is 27.3 Å². The third kappa shape index (κ3) is 5.14. The molecule has 1 aliphatic rings. The SMILES string of the molecule is CC[Si](CC)(CC)[O][Zr]([OH])([OH])[O]C1CCCCC1. The Bertz CT molecular complexity index is 232. The van der Waals surface area contributed by atoms with Gasteiger partial charge in [-0.2, -0.15) is 0 Å². The summed E-state index contributed by atoms with van der Waals surface area (Å²) < 4.78 is 31.7. The van der Waals surface area contributed by atoms with Crippen LogP contribution in [-0.4, -0.2) is 20.8 Å². The Labute approximate surface area is 119 Å². The maximum atomic E-state index is 10.2. The van der Waals surface area contributed by atoms with Gasteiger partial charge in [0.2, 0.25) is 0 Å². The zero-order chi connectivity index (χ0) is 13.6. The van der Waals surface area contributed by atoms with E-state index in [4.69, 9.17) is 5.32 Å². The third-order valence-corrected chi connectivity index (χ3v) is 15.4. The number of rotatable bonds is 7. The average Bonchev–Trinajstić information content (AvgIpc) is 2.37. The van der Waals surface area contributed by atoms with Crippen molar-refractivity contribution >= 4 is 8.32 Å². The van der Waals surface area contributed by atoms with Crippen molar-refractivity contribution in [2.45, 2.75) is 77.1 Å². The van der Waals surface area contributed by atoms with E-state index in [2.05, 4.69) is 20.8 Å². The zero-order valence-corrected chi connectivity index (χ0v) is 15.4. The van der Waals surface area contributed by atoms with E-state index in [1.165, 1.54) is 6.42 Å². The molecule has 1 fully saturated rings. The van der Waals surface area contributed by atoms with Crippen LogP contribution in [0.1, 0.15) is 52.9 Å². The molecule has 0 aromatic carbocycles. The second-order valence-electron chi connectivity index (χ2n) is 5.27. The van der Waals surface area contributed by atoms with Gasteiger partial charge in [-0.1, -0.05) is 0 Å². The summed E-state index contributed by atoms with van der Waals surface area (Å²) in [5, 5.41) is 0. The average molecular weight is 356 g/mol. The Kier molecular flexibility index (Phi) is 7.22. The van der Waals surface area contributed by atoms with Crippen molar-refractivity contribution in [3.05, 3.63) is 0 Å². The van der Waals surface area contributed by atoms with E-state index >= 15 is 0 Å². The second kappa shape index (κ2) is 7.65. The van der Waals surface area contributed by atoms with Crippen molar-refractivity contribution in [2.24, 2.45) is 0 Å². The van der Waals surface area contributed by atoms with Crippen molar-refractivity contribution in [2.75, 3.05) is 0 Å². The quantitative estimate of drug-likeness (QED) is 0.689. The first-order chi connectivity index (χ1) is 8.47. The van der Waals surface area contributed by atoms with Gasteiger partial charge in [-0.15, -0.1) is 0 Å². The molecule has 0 atom stereocenters. The van der Waals surface area contributed by atoms with Crippen molar-refractivity contribution in [1.29, 1.82) is 0 Å². The predicted molar refractivity (Wildman–Crippen MR) is 70.7 cm³/mol. The van der Waals surface area contributed by atoms with E-state index in [9.17, 15) is 6.37 Å². The van der Waals surface area contributed by atoms with E-state index in [1.807, 2.05) is 0 Å². The van der Waals surface area contributed by atoms with Gasteiger partial charge in [0, 0.05) is 0 Å². The van der Waals surface area contributed by atoms with Crippen molar-refractivity contribution in [1.82, 2.24) is 0 Å². The summed E-state index contributed by atoms with van der Waals surface area (Å²) in [6, 6.07) is 2.77. The summed E-state index contributed by atoms with van der Waals surface area (Å²) in [5.41, 5.74) is 0. The normalized spacial score (nSPS) is 19.2. The van der Waals surface area contributed by atoms with Crippen LogP contribution in [0.5, 0.6) is 0 Å². The van der Waals surface area contributed by atoms with E-state index < -0.39 is 30.3 Å². The van der Waals surface area contributed by atoms with Gasteiger partial charge >= 0.3 is 119 Å². The van der Waals surface area contributed by atoms with Gasteiger partial charge in [0.15, 0.2) is 0 Å². The van der Waals surface area contributed by atoms with Crippen molar-refractivity contribution < 1.29 is 33.7 Å². The van der Waals surface area contributed by atoms with Gasteiger partial charge in [-0.3, -0.25) is 0 Å². The van der Waals surface area contributed by atoms with E-state index in [0.29, 0.717) is 0 Å². The molecule has 4 nitrogen and oxygen atoms in total. The first-order valence-electron chi connectivity index (χ1n) is 7.29. The summed E-state index contributed by atoms with van der Waals surface area (Å²) in [5.74, 6) is 0. The van der Waals surface area contributed by atoms with Gasteiger partial charge in [0.1, 0.15) is 0 Å². The molecule has 0 amide bonds. The third-order valence-electron chi connectivity index (χ3n) is 4.15. The van der Waals surface area contributed by atoms with Crippen LogP contribution in [0.25, 0.3) is 0 Å². The number of hydrogen-bond donors (Lipinski definition) is 2. The molecule has 108 valence electrons. The molecule has 0 heterocycles. The standard InChI is InChI=1S/C6H15OSi.C6H11O.2H2O.Zr/c1-4-8(7,5-2)6-3;7-6-4-2-1-3-5-6;;;/h4-6H2,1-3H3;6H,1-5H2;2*1H2;/q2*-1;;;+4/p-2. The molecule has 0 saturated heterocycles. The molecule has 1 rings (SSSR count). The van der Waals surface area contributed by atoms with Crippen LogP contribution in [0, 0.1) is 0 Å². The van der Waals surface area contributed by atoms with Gasteiger partial charge < -0.3 is 0 Å². The molecule has 18 heavy (non-hydrogen) atoms. The van der Waals surface area contributed by atoms with E-state index in [1.54, 1.807) is 0 Å². The van der Waals surface area contributed by atoms with Crippen LogP contribution in [0.2, 0.25) is 18.1 Å². The molecular weight excluding hydrogens is 327 g/mol. The van der Waals surface area contributed by atoms with Crippen LogP contribution in [0.15, 0.2) is 0 Å². The first kappa shape index (κ1) is 17.0. The topological polar surface area (TPSA) is 58.9 Å². The fourth-order valence-electron chi connectivity index (χ4n) is 2.67. The fraction of sp³-hybridized carbons (Fsp3) is 1.00. The van der Waals surface area contributed by atoms with Gasteiger partial charge in [0.05, 0.1) is 0 Å². The Morgan fingerprint density at radius 3 is 1.94 bits per heavy atom. The zero-order valence-electron chi connectivity index (χ0n) is 11.9. The molecule has 0 aliphatic heterocycles. The van der Waals surface area contributed by atoms with Gasteiger partial charge in [0.25, 0.3) is 0 Å².